The molecule has 2 aromatic carbocycles. The van der Waals surface area contributed by atoms with E-state index in [-0.39, 0.29) is 16.5 Å². The molecular weight excluding hydrogens is 387 g/mol. The minimum absolute atomic E-state index is 0.209. The Morgan fingerprint density at radius 3 is 2.89 bits per heavy atom. The molecule has 2 heterocycles. The molecule has 0 unspecified atom stereocenters. The van der Waals surface area contributed by atoms with Crippen molar-refractivity contribution in [1.29, 1.82) is 0 Å². The highest BCUT2D eigenvalue weighted by Crippen LogP contribution is 2.41. The van der Waals surface area contributed by atoms with Crippen LogP contribution in [0, 0.1) is 5.82 Å². The number of aromatic nitrogens is 3. The second-order valence-electron chi connectivity index (χ2n) is 5.67. The van der Waals surface area contributed by atoms with Crippen molar-refractivity contribution in [3.8, 4) is 17.1 Å². The number of hydrogen-bond donors (Lipinski definition) is 1. The van der Waals surface area contributed by atoms with E-state index in [2.05, 4.69) is 27.1 Å². The van der Waals surface area contributed by atoms with Crippen LogP contribution in [0.15, 0.2) is 60.3 Å². The number of fused-ring (bicyclic) bond motifs is 3. The number of anilines is 1. The van der Waals surface area contributed by atoms with Crippen LogP contribution in [0.2, 0.25) is 5.02 Å². The molecule has 0 saturated carbocycles. The fourth-order valence-electron chi connectivity index (χ4n) is 2.73. The zero-order valence-corrected chi connectivity index (χ0v) is 15.6. The van der Waals surface area contributed by atoms with Crippen LogP contribution in [0.25, 0.3) is 11.3 Å². The third-order valence-corrected chi connectivity index (χ3v) is 5.09. The first-order chi connectivity index (χ1) is 13.2. The molecule has 0 radical (unpaired) electrons. The molecule has 27 heavy (non-hydrogen) atoms. The lowest BCUT2D eigenvalue weighted by atomic mass is 10.1. The van der Waals surface area contributed by atoms with Crippen molar-refractivity contribution < 1.29 is 9.13 Å². The second-order valence-corrected chi connectivity index (χ2v) is 7.07. The van der Waals surface area contributed by atoms with E-state index >= 15 is 0 Å². The highest BCUT2D eigenvalue weighted by molar-refractivity contribution is 7.99. The molecule has 0 saturated heterocycles. The average molecular weight is 401 g/mol. The summed E-state index contributed by atoms with van der Waals surface area (Å²) in [7, 11) is 0. The van der Waals surface area contributed by atoms with Crippen LogP contribution in [0.1, 0.15) is 11.8 Å². The summed E-state index contributed by atoms with van der Waals surface area (Å²) in [6, 6.07) is 12.0. The fraction of sp³-hybridized carbons (Fsp3) is 0.105. The van der Waals surface area contributed by atoms with Gasteiger partial charge in [-0.05, 0) is 18.2 Å². The van der Waals surface area contributed by atoms with Crippen molar-refractivity contribution in [2.45, 2.75) is 11.4 Å². The summed E-state index contributed by atoms with van der Waals surface area (Å²) in [5.41, 5.74) is 2.18. The average Bonchev–Trinajstić information content (AvgIpc) is 2.82. The normalized spacial score (nSPS) is 15.0. The van der Waals surface area contributed by atoms with Gasteiger partial charge in [-0.3, -0.25) is 0 Å². The van der Waals surface area contributed by atoms with E-state index < -0.39 is 12.0 Å². The summed E-state index contributed by atoms with van der Waals surface area (Å²) in [6.45, 7) is 3.68. The molecule has 0 amide bonds. The van der Waals surface area contributed by atoms with E-state index in [0.29, 0.717) is 16.6 Å². The lowest BCUT2D eigenvalue weighted by Crippen LogP contribution is -2.19. The Labute approximate surface area is 164 Å². The van der Waals surface area contributed by atoms with Gasteiger partial charge in [-0.25, -0.2) is 4.39 Å². The number of benzene rings is 2. The van der Waals surface area contributed by atoms with Crippen LogP contribution < -0.4 is 10.1 Å². The van der Waals surface area contributed by atoms with Gasteiger partial charge in [0.1, 0.15) is 5.82 Å². The Morgan fingerprint density at radius 1 is 1.22 bits per heavy atom. The van der Waals surface area contributed by atoms with Crippen LogP contribution in [0.3, 0.4) is 0 Å². The minimum atomic E-state index is -0.866. The number of nitrogens with zero attached hydrogens (tertiary/aromatic N) is 3. The van der Waals surface area contributed by atoms with Crippen molar-refractivity contribution >= 4 is 29.1 Å². The number of rotatable bonds is 4. The summed E-state index contributed by atoms with van der Waals surface area (Å²) >= 11 is 7.63. The molecule has 1 aliphatic rings. The summed E-state index contributed by atoms with van der Waals surface area (Å²) in [5.74, 6) is 0.431. The van der Waals surface area contributed by atoms with Gasteiger partial charge < -0.3 is 10.1 Å². The molecule has 1 atom stereocenters. The third kappa shape index (κ3) is 3.48. The van der Waals surface area contributed by atoms with Crippen LogP contribution in [-0.2, 0) is 0 Å². The first-order valence-electron chi connectivity index (χ1n) is 8.12. The van der Waals surface area contributed by atoms with Crippen LogP contribution in [0.5, 0.6) is 5.88 Å². The Bertz CT molecular complexity index is 996. The quantitative estimate of drug-likeness (QED) is 0.485. The number of halogens is 2. The molecule has 1 N–H and O–H groups in total. The molecule has 8 heteroatoms. The topological polar surface area (TPSA) is 59.9 Å². The number of hydrogen-bond acceptors (Lipinski definition) is 6. The molecule has 0 bridgehead atoms. The molecule has 0 aliphatic carbocycles. The summed E-state index contributed by atoms with van der Waals surface area (Å²) in [5, 5.41) is 12.3. The van der Waals surface area contributed by atoms with Crippen LogP contribution in [-0.4, -0.2) is 20.9 Å². The van der Waals surface area contributed by atoms with E-state index in [1.165, 1.54) is 17.8 Å². The molecule has 0 spiro atoms. The Morgan fingerprint density at radius 2 is 2.07 bits per heavy atom. The SMILES string of the molecule is C=CCSc1nnc2c(n1)O[C@H](c1c(F)cccc1Cl)Nc1ccccc1-2. The number of thioether (sulfide) groups is 1. The number of nitrogens with one attached hydrogen (secondary N) is 1. The largest absolute Gasteiger partial charge is 0.448 e. The van der Waals surface area contributed by atoms with Gasteiger partial charge in [-0.2, -0.15) is 4.98 Å². The van der Waals surface area contributed by atoms with Crippen LogP contribution >= 0.6 is 23.4 Å². The van der Waals surface area contributed by atoms with E-state index in [0.717, 1.165) is 11.3 Å². The standard InChI is InChI=1S/C19H14ClFN4OS/c1-2-10-27-19-23-18-16(24-25-19)11-6-3-4-9-14(11)22-17(26-18)15-12(20)7-5-8-13(15)21/h2-9,17,22H,1,10H2/t17-/m1/s1. The van der Waals surface area contributed by atoms with Gasteiger partial charge in [0.25, 0.3) is 0 Å². The van der Waals surface area contributed by atoms with Crippen molar-refractivity contribution in [2.24, 2.45) is 0 Å². The lowest BCUT2D eigenvalue weighted by Gasteiger charge is -2.20. The highest BCUT2D eigenvalue weighted by atomic mass is 35.5. The minimum Gasteiger partial charge on any atom is -0.448 e. The summed E-state index contributed by atoms with van der Waals surface area (Å²) < 4.78 is 20.5. The van der Waals surface area contributed by atoms with Gasteiger partial charge in [-0.15, -0.1) is 16.8 Å². The third-order valence-electron chi connectivity index (χ3n) is 3.93. The van der Waals surface area contributed by atoms with Crippen molar-refractivity contribution in [2.75, 3.05) is 11.1 Å². The van der Waals surface area contributed by atoms with Gasteiger partial charge in [0.05, 0.1) is 10.6 Å². The molecule has 1 aliphatic heterocycles. The Balaban J connectivity index is 1.85. The molecule has 0 fully saturated rings. The second kappa shape index (κ2) is 7.54. The van der Waals surface area contributed by atoms with Gasteiger partial charge in [0.15, 0.2) is 5.69 Å². The predicted octanol–water partition coefficient (Wildman–Crippen LogP) is 5.11. The van der Waals surface area contributed by atoms with Crippen molar-refractivity contribution in [3.05, 3.63) is 71.5 Å². The molecule has 1 aromatic heterocycles. The van der Waals surface area contributed by atoms with E-state index in [1.54, 1.807) is 18.2 Å². The zero-order valence-electron chi connectivity index (χ0n) is 14.0. The molecule has 5 nitrogen and oxygen atoms in total. The maximum absolute atomic E-state index is 14.5. The van der Waals surface area contributed by atoms with E-state index in [9.17, 15) is 4.39 Å². The number of ether oxygens (including phenoxy) is 1. The van der Waals surface area contributed by atoms with Gasteiger partial charge in [-0.1, -0.05) is 53.7 Å². The molecule has 3 aromatic rings. The highest BCUT2D eigenvalue weighted by Gasteiger charge is 2.29. The Hall–Kier alpha value is -2.64. The molecular formula is C19H14ClFN4OS. The van der Waals surface area contributed by atoms with E-state index in [1.807, 2.05) is 24.3 Å². The smallest absolute Gasteiger partial charge is 0.247 e. The molecule has 4 rings (SSSR count). The van der Waals surface area contributed by atoms with Gasteiger partial charge in [0, 0.05) is 17.0 Å². The number of para-hydroxylation sites is 1. The zero-order chi connectivity index (χ0) is 18.8. The summed E-state index contributed by atoms with van der Waals surface area (Å²) in [6.07, 6.45) is 0.884. The van der Waals surface area contributed by atoms with Crippen molar-refractivity contribution in [3.63, 3.8) is 0 Å². The maximum atomic E-state index is 14.5. The monoisotopic (exact) mass is 400 g/mol. The van der Waals surface area contributed by atoms with Gasteiger partial charge in [0.2, 0.25) is 17.3 Å². The van der Waals surface area contributed by atoms with Gasteiger partial charge >= 0.3 is 0 Å². The van der Waals surface area contributed by atoms with Crippen molar-refractivity contribution in [1.82, 2.24) is 15.2 Å². The maximum Gasteiger partial charge on any atom is 0.247 e. The Kier molecular flexibility index (Phi) is 4.96. The first-order valence-corrected chi connectivity index (χ1v) is 9.48. The lowest BCUT2D eigenvalue weighted by molar-refractivity contribution is 0.220. The first kappa shape index (κ1) is 17.8. The molecule has 136 valence electrons. The predicted molar refractivity (Wildman–Crippen MR) is 105 cm³/mol. The summed E-state index contributed by atoms with van der Waals surface area (Å²) in [4.78, 5) is 4.46. The van der Waals surface area contributed by atoms with E-state index in [4.69, 9.17) is 16.3 Å². The van der Waals surface area contributed by atoms with Crippen LogP contribution in [0.4, 0.5) is 10.1 Å². The fourth-order valence-corrected chi connectivity index (χ4v) is 3.51.